The number of pyridine rings is 2. The summed E-state index contributed by atoms with van der Waals surface area (Å²) in [6.45, 7) is -0.0831. The van der Waals surface area contributed by atoms with Gasteiger partial charge in [0.2, 0.25) is 0 Å². The van der Waals surface area contributed by atoms with E-state index in [9.17, 15) is 18.0 Å². The van der Waals surface area contributed by atoms with Crippen molar-refractivity contribution < 1.29 is 13.2 Å². The topological polar surface area (TPSA) is 78.0 Å². The average Bonchev–Trinajstić information content (AvgIpc) is 3.23. The third-order valence-electron chi connectivity index (χ3n) is 6.10. The van der Waals surface area contributed by atoms with Gasteiger partial charge in [-0.05, 0) is 41.5 Å². The molecule has 0 N–H and O–H groups in total. The number of aromatic nitrogens is 6. The second-order valence-electron chi connectivity index (χ2n) is 8.58. The van der Waals surface area contributed by atoms with Crippen LogP contribution < -0.4 is 5.69 Å². The first kappa shape index (κ1) is 23.8. The number of alkyl halides is 3. The summed E-state index contributed by atoms with van der Waals surface area (Å²) < 4.78 is 41.0. The van der Waals surface area contributed by atoms with E-state index in [0.29, 0.717) is 21.7 Å². The van der Waals surface area contributed by atoms with Crippen LogP contribution in [0.1, 0.15) is 11.3 Å². The highest BCUT2D eigenvalue weighted by atomic mass is 35.5. The molecule has 0 aliphatic carbocycles. The van der Waals surface area contributed by atoms with E-state index in [4.69, 9.17) is 11.6 Å². The minimum Gasteiger partial charge on any atom is -0.256 e. The van der Waals surface area contributed by atoms with Crippen molar-refractivity contribution in [3.8, 4) is 22.3 Å². The first-order chi connectivity index (χ1) is 18.3. The number of benzene rings is 2. The quantitative estimate of drug-likeness (QED) is 0.283. The molecule has 188 valence electrons. The van der Waals surface area contributed by atoms with Gasteiger partial charge in [0.15, 0.2) is 5.65 Å². The molecule has 0 saturated carbocycles. The minimum atomic E-state index is -4.55. The van der Waals surface area contributed by atoms with Crippen LogP contribution >= 0.6 is 11.6 Å². The van der Waals surface area contributed by atoms with Gasteiger partial charge in [-0.3, -0.25) is 9.97 Å². The molecule has 4 aromatic heterocycles. The second-order valence-corrected chi connectivity index (χ2v) is 9.02. The molecule has 6 aromatic rings. The Balaban J connectivity index is 1.52. The van der Waals surface area contributed by atoms with E-state index in [2.05, 4.69) is 20.2 Å². The summed E-state index contributed by atoms with van der Waals surface area (Å²) >= 11 is 6.12. The van der Waals surface area contributed by atoms with Gasteiger partial charge in [0, 0.05) is 39.5 Å². The molecule has 11 heteroatoms. The number of halogens is 4. The van der Waals surface area contributed by atoms with Crippen molar-refractivity contribution in [2.45, 2.75) is 12.7 Å². The Hall–Kier alpha value is -4.57. The average molecular weight is 533 g/mol. The van der Waals surface area contributed by atoms with Gasteiger partial charge in [-0.25, -0.2) is 9.48 Å². The van der Waals surface area contributed by atoms with Crippen molar-refractivity contribution in [1.29, 1.82) is 0 Å². The van der Waals surface area contributed by atoms with Crippen molar-refractivity contribution in [2.75, 3.05) is 0 Å². The van der Waals surface area contributed by atoms with Gasteiger partial charge in [0.05, 0.1) is 18.3 Å². The maximum absolute atomic E-state index is 13.2. The van der Waals surface area contributed by atoms with Gasteiger partial charge >= 0.3 is 11.9 Å². The monoisotopic (exact) mass is 532 g/mol. The van der Waals surface area contributed by atoms with E-state index in [1.165, 1.54) is 10.6 Å². The third-order valence-corrected chi connectivity index (χ3v) is 6.35. The highest BCUT2D eigenvalue weighted by molar-refractivity contribution is 6.30. The summed E-state index contributed by atoms with van der Waals surface area (Å²) in [5, 5.41) is 10.4. The molecule has 0 saturated heterocycles. The van der Waals surface area contributed by atoms with Crippen LogP contribution in [-0.4, -0.2) is 29.4 Å². The Morgan fingerprint density at radius 2 is 1.66 bits per heavy atom. The van der Waals surface area contributed by atoms with Crippen molar-refractivity contribution in [3.05, 3.63) is 112 Å². The molecule has 0 fully saturated rings. The lowest BCUT2D eigenvalue weighted by molar-refractivity contribution is -0.141. The van der Waals surface area contributed by atoms with E-state index in [0.717, 1.165) is 39.0 Å². The predicted octanol–water partition coefficient (Wildman–Crippen LogP) is 5.89. The number of hydrogen-bond acceptors (Lipinski definition) is 5. The lowest BCUT2D eigenvalue weighted by atomic mass is 9.97. The van der Waals surface area contributed by atoms with Gasteiger partial charge in [0.25, 0.3) is 0 Å². The van der Waals surface area contributed by atoms with E-state index in [1.54, 1.807) is 24.5 Å². The number of nitrogens with zero attached hydrogens (tertiary/aromatic N) is 6. The molecule has 4 heterocycles. The van der Waals surface area contributed by atoms with Gasteiger partial charge in [-0.15, -0.1) is 5.10 Å². The van der Waals surface area contributed by atoms with Crippen LogP contribution in [0.2, 0.25) is 5.02 Å². The van der Waals surface area contributed by atoms with E-state index in [-0.39, 0.29) is 12.2 Å². The van der Waals surface area contributed by atoms with Gasteiger partial charge in [-0.2, -0.15) is 22.8 Å². The summed E-state index contributed by atoms with van der Waals surface area (Å²) in [5.41, 5.74) is 2.81. The normalized spacial score (nSPS) is 11.9. The van der Waals surface area contributed by atoms with Crippen LogP contribution in [-0.2, 0) is 12.7 Å². The summed E-state index contributed by atoms with van der Waals surface area (Å²) in [4.78, 5) is 21.2. The summed E-state index contributed by atoms with van der Waals surface area (Å²) in [6.07, 6.45) is -0.156. The van der Waals surface area contributed by atoms with Gasteiger partial charge in [-0.1, -0.05) is 48.0 Å². The van der Waals surface area contributed by atoms with Gasteiger partial charge in [0.1, 0.15) is 5.69 Å². The van der Waals surface area contributed by atoms with Crippen molar-refractivity contribution in [1.82, 2.24) is 29.4 Å². The Morgan fingerprint density at radius 1 is 0.868 bits per heavy atom. The standard InChI is InChI=1S/C27H16ClF3N6O/c28-20-8-6-17(7-9-20)24-21(19-11-18-3-1-2-4-22(18)32-13-19)14-34-37-25(24)35-36(26(37)38)15-16-5-10-23(33-12-16)27(29,30)31/h1-14H,15H2. The Kier molecular flexibility index (Phi) is 5.68. The fourth-order valence-corrected chi connectivity index (χ4v) is 4.39. The molecule has 38 heavy (non-hydrogen) atoms. The number of para-hydroxylation sites is 1. The predicted molar refractivity (Wildman–Crippen MR) is 137 cm³/mol. The third kappa shape index (κ3) is 4.28. The summed E-state index contributed by atoms with van der Waals surface area (Å²) in [7, 11) is 0. The molecule has 0 radical (unpaired) electrons. The smallest absolute Gasteiger partial charge is 0.256 e. The van der Waals surface area contributed by atoms with Crippen LogP contribution in [0.5, 0.6) is 0 Å². The molecule has 0 amide bonds. The lowest BCUT2D eigenvalue weighted by Gasteiger charge is -2.11. The number of fused-ring (bicyclic) bond motifs is 2. The Morgan fingerprint density at radius 3 is 2.39 bits per heavy atom. The van der Waals surface area contributed by atoms with E-state index >= 15 is 0 Å². The fourth-order valence-electron chi connectivity index (χ4n) is 4.26. The molecular formula is C27H16ClF3N6O. The molecule has 0 atom stereocenters. The molecule has 7 nitrogen and oxygen atoms in total. The molecule has 0 aliphatic heterocycles. The zero-order valence-electron chi connectivity index (χ0n) is 19.4. The molecular weight excluding hydrogens is 517 g/mol. The van der Waals surface area contributed by atoms with Crippen LogP contribution in [0.15, 0.2) is 90.1 Å². The Bertz CT molecular complexity index is 1860. The van der Waals surface area contributed by atoms with Crippen LogP contribution in [0.25, 0.3) is 38.8 Å². The van der Waals surface area contributed by atoms with Crippen molar-refractivity contribution in [3.63, 3.8) is 0 Å². The van der Waals surface area contributed by atoms with Gasteiger partial charge < -0.3 is 0 Å². The summed E-state index contributed by atoms with van der Waals surface area (Å²) in [5.74, 6) is 0. The lowest BCUT2D eigenvalue weighted by Crippen LogP contribution is -2.23. The van der Waals surface area contributed by atoms with Crippen LogP contribution in [0.3, 0.4) is 0 Å². The molecule has 0 aliphatic rings. The zero-order valence-corrected chi connectivity index (χ0v) is 20.1. The Labute approximate surface area is 217 Å². The first-order valence-electron chi connectivity index (χ1n) is 11.4. The largest absolute Gasteiger partial charge is 0.433 e. The van der Waals surface area contributed by atoms with Crippen molar-refractivity contribution >= 4 is 28.2 Å². The van der Waals surface area contributed by atoms with Crippen LogP contribution in [0, 0.1) is 0 Å². The highest BCUT2D eigenvalue weighted by Crippen LogP contribution is 2.35. The molecule has 0 unspecified atom stereocenters. The number of rotatable bonds is 4. The first-order valence-corrected chi connectivity index (χ1v) is 11.8. The maximum atomic E-state index is 13.2. The fraction of sp³-hybridized carbons (Fsp3) is 0.0741. The van der Waals surface area contributed by atoms with E-state index < -0.39 is 17.6 Å². The zero-order chi connectivity index (χ0) is 26.4. The minimum absolute atomic E-state index is 0.0831. The molecule has 0 bridgehead atoms. The summed E-state index contributed by atoms with van der Waals surface area (Å²) in [6, 6.07) is 18.9. The molecule has 6 rings (SSSR count). The second kappa shape index (κ2) is 9.07. The van der Waals surface area contributed by atoms with Crippen LogP contribution in [0.4, 0.5) is 13.2 Å². The molecule has 2 aromatic carbocycles. The molecule has 0 spiro atoms. The van der Waals surface area contributed by atoms with E-state index in [1.807, 2.05) is 42.5 Å². The van der Waals surface area contributed by atoms with Crippen molar-refractivity contribution in [2.24, 2.45) is 0 Å². The highest BCUT2D eigenvalue weighted by Gasteiger charge is 2.32. The maximum Gasteiger partial charge on any atom is 0.433 e. The number of hydrogen-bond donors (Lipinski definition) is 0. The SMILES string of the molecule is O=c1n(Cc2ccc(C(F)(F)F)nc2)nc2c(-c3ccc(Cl)cc3)c(-c3cnc4ccccc4c3)cnn12.